The van der Waals surface area contributed by atoms with Crippen LogP contribution in [0.1, 0.15) is 23.7 Å². The van der Waals surface area contributed by atoms with Gasteiger partial charge in [-0.3, -0.25) is 0 Å². The summed E-state index contributed by atoms with van der Waals surface area (Å²) in [4.78, 5) is 11.5. The van der Waals surface area contributed by atoms with Gasteiger partial charge in [-0.15, -0.1) is 0 Å². The Balaban J connectivity index is 1.96. The van der Waals surface area contributed by atoms with Crippen LogP contribution in [0, 0.1) is 22.7 Å². The number of nitriles is 2. The van der Waals surface area contributed by atoms with Crippen LogP contribution in [0.5, 0.6) is 11.5 Å². The van der Waals surface area contributed by atoms with E-state index in [-0.39, 0.29) is 35.9 Å². The van der Waals surface area contributed by atoms with Crippen molar-refractivity contribution in [2.75, 3.05) is 26.1 Å². The first-order valence-electron chi connectivity index (χ1n) is 9.95. The maximum Gasteiger partial charge on any atom is 0.344 e. The number of aromatic nitrogens is 2. The highest BCUT2D eigenvalue weighted by molar-refractivity contribution is 5.91. The summed E-state index contributed by atoms with van der Waals surface area (Å²) in [5.74, 6) is 0.350. The summed E-state index contributed by atoms with van der Waals surface area (Å²) in [6.07, 6.45) is 1.57. The smallest absolute Gasteiger partial charge is 0.344 e. The van der Waals surface area contributed by atoms with Gasteiger partial charge in [-0.1, -0.05) is 24.3 Å². The third kappa shape index (κ3) is 5.12. The molecule has 3 rings (SSSR count). The fourth-order valence-electron chi connectivity index (χ4n) is 3.05. The number of benzene rings is 2. The van der Waals surface area contributed by atoms with E-state index in [4.69, 9.17) is 19.9 Å². The largest absolute Gasteiger partial charge is 0.493 e. The van der Waals surface area contributed by atoms with E-state index in [1.807, 2.05) is 24.3 Å². The van der Waals surface area contributed by atoms with Crippen LogP contribution in [-0.4, -0.2) is 36.1 Å². The van der Waals surface area contributed by atoms with E-state index in [1.165, 1.54) is 11.8 Å². The molecule has 0 aliphatic rings. The van der Waals surface area contributed by atoms with Crippen LogP contribution in [0.3, 0.4) is 0 Å². The van der Waals surface area contributed by atoms with E-state index >= 15 is 0 Å². The molecule has 166 valence electrons. The minimum absolute atomic E-state index is 0.105. The molecule has 0 atom stereocenters. The van der Waals surface area contributed by atoms with E-state index in [9.17, 15) is 15.3 Å². The van der Waals surface area contributed by atoms with Gasteiger partial charge in [0.05, 0.1) is 25.0 Å². The lowest BCUT2D eigenvalue weighted by Gasteiger charge is -2.11. The number of carbonyl (C=O) groups excluding carboxylic acids is 1. The highest BCUT2D eigenvalue weighted by Crippen LogP contribution is 2.31. The third-order valence-corrected chi connectivity index (χ3v) is 4.56. The molecule has 33 heavy (non-hydrogen) atoms. The zero-order chi connectivity index (χ0) is 23.8. The van der Waals surface area contributed by atoms with Crippen molar-refractivity contribution in [1.29, 1.82) is 10.5 Å². The molecular formula is C24H21N5O4. The Hall–Kier alpha value is -4.76. The van der Waals surface area contributed by atoms with E-state index in [0.29, 0.717) is 22.7 Å². The van der Waals surface area contributed by atoms with Crippen molar-refractivity contribution in [3.63, 3.8) is 0 Å². The molecule has 1 heterocycles. The number of allylic oxidation sites excluding steroid dienone is 1. The predicted molar refractivity (Wildman–Crippen MR) is 121 cm³/mol. The third-order valence-electron chi connectivity index (χ3n) is 4.56. The SMILES string of the molecule is CCOC(=O)COc1ccc(/C=C(/C#N)c2nn(-c3ccccc3)c(N)c2C#N)cc1OC. The number of ether oxygens (including phenoxy) is 3. The first kappa shape index (κ1) is 22.9. The van der Waals surface area contributed by atoms with Gasteiger partial charge in [-0.25, -0.2) is 9.48 Å². The maximum atomic E-state index is 11.5. The molecule has 0 unspecified atom stereocenters. The minimum atomic E-state index is -0.495. The number of para-hydroxylation sites is 1. The fraction of sp³-hybridized carbons (Fsp3) is 0.167. The average Bonchev–Trinajstić information content (AvgIpc) is 3.18. The van der Waals surface area contributed by atoms with Crippen LogP contribution >= 0.6 is 0 Å². The van der Waals surface area contributed by atoms with E-state index in [1.54, 1.807) is 43.3 Å². The number of hydrogen-bond donors (Lipinski definition) is 1. The molecule has 0 saturated heterocycles. The Bertz CT molecular complexity index is 1270. The van der Waals surface area contributed by atoms with Gasteiger partial charge in [0.1, 0.15) is 29.2 Å². The van der Waals surface area contributed by atoms with Crippen LogP contribution in [-0.2, 0) is 9.53 Å². The molecule has 0 saturated carbocycles. The molecule has 9 heteroatoms. The zero-order valence-corrected chi connectivity index (χ0v) is 18.1. The van der Waals surface area contributed by atoms with E-state index in [2.05, 4.69) is 11.2 Å². The Morgan fingerprint density at radius 1 is 1.18 bits per heavy atom. The lowest BCUT2D eigenvalue weighted by Crippen LogP contribution is -2.14. The van der Waals surface area contributed by atoms with Crippen LogP contribution in [0.15, 0.2) is 48.5 Å². The highest BCUT2D eigenvalue weighted by atomic mass is 16.6. The quantitative estimate of drug-likeness (QED) is 0.413. The van der Waals surface area contributed by atoms with E-state index in [0.717, 1.165) is 0 Å². The molecular weight excluding hydrogens is 422 g/mol. The molecule has 1 aromatic heterocycles. The molecule has 0 radical (unpaired) electrons. The molecule has 3 aromatic rings. The molecule has 0 amide bonds. The normalized spacial score (nSPS) is 10.7. The fourth-order valence-corrected chi connectivity index (χ4v) is 3.05. The monoisotopic (exact) mass is 443 g/mol. The second kappa shape index (κ2) is 10.5. The number of anilines is 1. The molecule has 9 nitrogen and oxygen atoms in total. The summed E-state index contributed by atoms with van der Waals surface area (Å²) in [6, 6.07) is 18.1. The van der Waals surface area contributed by atoms with Gasteiger partial charge >= 0.3 is 5.97 Å². The molecule has 0 aliphatic heterocycles. The summed E-state index contributed by atoms with van der Waals surface area (Å²) in [6.45, 7) is 1.71. The van der Waals surface area contributed by atoms with Crippen LogP contribution in [0.4, 0.5) is 5.82 Å². The van der Waals surface area contributed by atoms with Crippen molar-refractivity contribution in [2.24, 2.45) is 0 Å². The predicted octanol–water partition coefficient (Wildman–Crippen LogP) is 3.34. The Kier molecular flexibility index (Phi) is 7.30. The second-order valence-electron chi connectivity index (χ2n) is 6.64. The van der Waals surface area contributed by atoms with Crippen molar-refractivity contribution in [3.8, 4) is 29.3 Å². The first-order valence-corrected chi connectivity index (χ1v) is 9.95. The Morgan fingerprint density at radius 3 is 2.58 bits per heavy atom. The average molecular weight is 443 g/mol. The summed E-state index contributed by atoms with van der Waals surface area (Å²) < 4.78 is 17.1. The zero-order valence-electron chi connectivity index (χ0n) is 18.1. The lowest BCUT2D eigenvalue weighted by atomic mass is 10.1. The number of hydrogen-bond acceptors (Lipinski definition) is 8. The van der Waals surface area contributed by atoms with Crippen molar-refractivity contribution in [3.05, 3.63) is 65.4 Å². The molecule has 2 aromatic carbocycles. The van der Waals surface area contributed by atoms with E-state index < -0.39 is 5.97 Å². The van der Waals surface area contributed by atoms with Crippen LogP contribution in [0.2, 0.25) is 0 Å². The van der Waals surface area contributed by atoms with Crippen LogP contribution in [0.25, 0.3) is 17.3 Å². The molecule has 0 spiro atoms. The van der Waals surface area contributed by atoms with Crippen LogP contribution < -0.4 is 15.2 Å². The number of methoxy groups -OCH3 is 1. The summed E-state index contributed by atoms with van der Waals surface area (Å²) in [5, 5.41) is 23.8. The van der Waals surface area contributed by atoms with Gasteiger partial charge < -0.3 is 19.9 Å². The number of nitrogens with two attached hydrogens (primary N) is 1. The van der Waals surface area contributed by atoms with Crippen molar-refractivity contribution < 1.29 is 19.0 Å². The maximum absolute atomic E-state index is 11.5. The molecule has 0 bridgehead atoms. The molecule has 0 fully saturated rings. The second-order valence-corrected chi connectivity index (χ2v) is 6.64. The first-order chi connectivity index (χ1) is 16.0. The van der Waals surface area contributed by atoms with Gasteiger partial charge in [0, 0.05) is 0 Å². The number of nitrogen functional groups attached to an aromatic ring is 1. The summed E-state index contributed by atoms with van der Waals surface area (Å²) >= 11 is 0. The Morgan fingerprint density at radius 2 is 1.94 bits per heavy atom. The molecule has 2 N–H and O–H groups in total. The van der Waals surface area contributed by atoms with Crippen molar-refractivity contribution in [2.45, 2.75) is 6.92 Å². The van der Waals surface area contributed by atoms with Gasteiger partial charge in [0.2, 0.25) is 0 Å². The summed E-state index contributed by atoms with van der Waals surface area (Å²) in [7, 11) is 1.46. The summed E-state index contributed by atoms with van der Waals surface area (Å²) in [5.41, 5.74) is 7.83. The van der Waals surface area contributed by atoms with Gasteiger partial charge in [-0.05, 0) is 42.8 Å². The lowest BCUT2D eigenvalue weighted by molar-refractivity contribution is -0.145. The Labute approximate surface area is 190 Å². The number of nitrogens with zero attached hydrogens (tertiary/aromatic N) is 4. The van der Waals surface area contributed by atoms with Gasteiger partial charge in [-0.2, -0.15) is 15.6 Å². The van der Waals surface area contributed by atoms with Gasteiger partial charge in [0.15, 0.2) is 18.1 Å². The number of carbonyl (C=O) groups is 1. The topological polar surface area (TPSA) is 136 Å². The minimum Gasteiger partial charge on any atom is -0.493 e. The highest BCUT2D eigenvalue weighted by Gasteiger charge is 2.20. The standard InChI is InChI=1S/C24H21N5O4/c1-3-32-22(30)15-33-20-10-9-16(12-21(20)31-2)11-17(13-25)23-19(14-26)24(27)29(28-23)18-7-5-4-6-8-18/h4-12H,3,15,27H2,1-2H3/b17-11-. The number of rotatable bonds is 8. The van der Waals surface area contributed by atoms with Gasteiger partial charge in [0.25, 0.3) is 0 Å². The van der Waals surface area contributed by atoms with Crippen molar-refractivity contribution in [1.82, 2.24) is 9.78 Å². The van der Waals surface area contributed by atoms with Crippen molar-refractivity contribution >= 4 is 23.4 Å². The molecule has 0 aliphatic carbocycles. The number of esters is 1.